The molecule has 0 unspecified atom stereocenters. The molecular formula is C25H32N4O5S. The molecule has 188 valence electrons. The summed E-state index contributed by atoms with van der Waals surface area (Å²) >= 11 is 0. The van der Waals surface area contributed by atoms with Gasteiger partial charge in [0, 0.05) is 13.1 Å². The normalized spacial score (nSPS) is 13.2. The number of hydrogen-bond acceptors (Lipinski definition) is 7. The predicted octanol–water partition coefficient (Wildman–Crippen LogP) is 2.03. The molecule has 0 aliphatic carbocycles. The SMILES string of the molecule is CCc1cccc(CNC[C@@H](O)[C@H](Cc2ccccc2)NC(=O)Cc2coc(NS(C)(=O)=O)n2)c1. The minimum absolute atomic E-state index is 0.121. The van der Waals surface area contributed by atoms with Crippen LogP contribution in [0.2, 0.25) is 0 Å². The van der Waals surface area contributed by atoms with Gasteiger partial charge in [-0.25, -0.2) is 13.1 Å². The van der Waals surface area contributed by atoms with Crippen molar-refractivity contribution in [3.8, 4) is 0 Å². The highest BCUT2D eigenvalue weighted by molar-refractivity contribution is 7.91. The van der Waals surface area contributed by atoms with Crippen molar-refractivity contribution in [2.75, 3.05) is 17.5 Å². The molecule has 2 aromatic carbocycles. The minimum Gasteiger partial charge on any atom is -0.431 e. The number of amides is 1. The lowest BCUT2D eigenvalue weighted by molar-refractivity contribution is -0.122. The fraction of sp³-hybridized carbons (Fsp3) is 0.360. The average Bonchev–Trinajstić information content (AvgIpc) is 3.24. The Morgan fingerprint density at radius 3 is 2.51 bits per heavy atom. The van der Waals surface area contributed by atoms with Crippen LogP contribution in [0.5, 0.6) is 0 Å². The Labute approximate surface area is 206 Å². The van der Waals surface area contributed by atoms with E-state index in [9.17, 15) is 18.3 Å². The number of nitrogens with zero attached hydrogens (tertiary/aromatic N) is 1. The molecule has 9 nitrogen and oxygen atoms in total. The van der Waals surface area contributed by atoms with Crippen molar-refractivity contribution in [1.29, 1.82) is 0 Å². The van der Waals surface area contributed by atoms with Gasteiger partial charge in [0.1, 0.15) is 6.26 Å². The molecule has 10 heteroatoms. The van der Waals surface area contributed by atoms with Crippen molar-refractivity contribution in [2.45, 2.75) is 44.9 Å². The number of carbonyl (C=O) groups is 1. The molecule has 2 atom stereocenters. The minimum atomic E-state index is -3.54. The molecular weight excluding hydrogens is 468 g/mol. The summed E-state index contributed by atoms with van der Waals surface area (Å²) < 4.78 is 29.8. The maximum Gasteiger partial charge on any atom is 0.308 e. The third-order valence-electron chi connectivity index (χ3n) is 5.36. The van der Waals surface area contributed by atoms with Crippen LogP contribution in [0.4, 0.5) is 6.01 Å². The summed E-state index contributed by atoms with van der Waals surface area (Å²) in [7, 11) is -3.54. The van der Waals surface area contributed by atoms with Gasteiger partial charge in [0.2, 0.25) is 15.9 Å². The van der Waals surface area contributed by atoms with E-state index in [1.165, 1.54) is 11.8 Å². The molecule has 0 aliphatic heterocycles. The molecule has 0 radical (unpaired) electrons. The van der Waals surface area contributed by atoms with Gasteiger partial charge in [0.05, 0.1) is 30.5 Å². The maximum absolute atomic E-state index is 12.7. The molecule has 0 aliphatic rings. The van der Waals surface area contributed by atoms with E-state index in [0.29, 0.717) is 19.5 Å². The van der Waals surface area contributed by atoms with Gasteiger partial charge in [-0.3, -0.25) is 4.79 Å². The number of anilines is 1. The Kier molecular flexibility index (Phi) is 9.41. The van der Waals surface area contributed by atoms with Crippen LogP contribution in [0.25, 0.3) is 0 Å². The summed E-state index contributed by atoms with van der Waals surface area (Å²) in [6.45, 7) is 3.00. The number of benzene rings is 2. The summed E-state index contributed by atoms with van der Waals surface area (Å²) in [5.41, 5.74) is 3.63. The van der Waals surface area contributed by atoms with Crippen molar-refractivity contribution >= 4 is 21.9 Å². The van der Waals surface area contributed by atoms with E-state index in [2.05, 4.69) is 39.4 Å². The zero-order valence-electron chi connectivity index (χ0n) is 19.9. The number of aliphatic hydroxyl groups excluding tert-OH is 1. The van der Waals surface area contributed by atoms with Crippen LogP contribution < -0.4 is 15.4 Å². The van der Waals surface area contributed by atoms with Gasteiger partial charge in [0.25, 0.3) is 0 Å². The number of aliphatic hydroxyl groups is 1. The van der Waals surface area contributed by atoms with Crippen LogP contribution in [0.1, 0.15) is 29.3 Å². The Hall–Kier alpha value is -3.21. The third kappa shape index (κ3) is 9.16. The lowest BCUT2D eigenvalue weighted by Crippen LogP contribution is -2.49. The van der Waals surface area contributed by atoms with Gasteiger partial charge in [-0.05, 0) is 29.5 Å². The van der Waals surface area contributed by atoms with Crippen molar-refractivity contribution in [3.63, 3.8) is 0 Å². The first-order valence-electron chi connectivity index (χ1n) is 11.4. The van der Waals surface area contributed by atoms with Crippen LogP contribution in [-0.2, 0) is 40.6 Å². The summed E-state index contributed by atoms with van der Waals surface area (Å²) in [5.74, 6) is -0.361. The Morgan fingerprint density at radius 2 is 1.80 bits per heavy atom. The van der Waals surface area contributed by atoms with E-state index in [4.69, 9.17) is 4.42 Å². The summed E-state index contributed by atoms with van der Waals surface area (Å²) in [4.78, 5) is 16.7. The molecule has 4 N–H and O–H groups in total. The number of carbonyl (C=O) groups excluding carboxylic acids is 1. The van der Waals surface area contributed by atoms with Crippen LogP contribution in [0.15, 0.2) is 65.3 Å². The second kappa shape index (κ2) is 12.5. The molecule has 0 saturated carbocycles. The highest BCUT2D eigenvalue weighted by Gasteiger charge is 2.22. The van der Waals surface area contributed by atoms with Gasteiger partial charge < -0.3 is 20.2 Å². The van der Waals surface area contributed by atoms with E-state index in [1.54, 1.807) is 0 Å². The topological polar surface area (TPSA) is 134 Å². The van der Waals surface area contributed by atoms with E-state index < -0.39 is 22.2 Å². The largest absolute Gasteiger partial charge is 0.431 e. The zero-order chi connectivity index (χ0) is 25.3. The van der Waals surface area contributed by atoms with E-state index >= 15 is 0 Å². The fourth-order valence-electron chi connectivity index (χ4n) is 3.63. The first-order chi connectivity index (χ1) is 16.7. The molecule has 0 fully saturated rings. The number of rotatable bonds is 13. The Bertz CT molecular complexity index is 1200. The highest BCUT2D eigenvalue weighted by Crippen LogP contribution is 2.11. The van der Waals surface area contributed by atoms with E-state index in [-0.39, 0.29) is 24.0 Å². The van der Waals surface area contributed by atoms with Crippen LogP contribution in [0, 0.1) is 0 Å². The first-order valence-corrected chi connectivity index (χ1v) is 13.3. The first kappa shape index (κ1) is 26.4. The van der Waals surface area contributed by atoms with Crippen molar-refractivity contribution in [1.82, 2.24) is 15.6 Å². The Balaban J connectivity index is 1.60. The number of hydrogen-bond donors (Lipinski definition) is 4. The standard InChI is InChI=1S/C25H32N4O5S/c1-3-18-10-7-11-20(12-18)15-26-16-23(30)22(13-19-8-5-4-6-9-19)28-24(31)14-21-17-34-25(27-21)29-35(2,32)33/h4-12,17,22-23,26,30H,3,13-16H2,1-2H3,(H,27,29)(H,28,31)/t22-,23+/m0/s1. The highest BCUT2D eigenvalue weighted by atomic mass is 32.2. The molecule has 0 spiro atoms. The summed E-state index contributed by atoms with van der Waals surface area (Å²) in [6.07, 6.45) is 2.65. The van der Waals surface area contributed by atoms with Gasteiger partial charge >= 0.3 is 6.01 Å². The van der Waals surface area contributed by atoms with Crippen molar-refractivity contribution < 1.29 is 22.7 Å². The van der Waals surface area contributed by atoms with Gasteiger partial charge in [0.15, 0.2) is 0 Å². The van der Waals surface area contributed by atoms with Gasteiger partial charge in [-0.15, -0.1) is 0 Å². The smallest absolute Gasteiger partial charge is 0.308 e. The lowest BCUT2D eigenvalue weighted by atomic mass is 10.0. The van der Waals surface area contributed by atoms with Crippen molar-refractivity contribution in [3.05, 3.63) is 83.2 Å². The number of aryl methyl sites for hydroxylation is 1. The summed E-state index contributed by atoms with van der Waals surface area (Å²) in [6, 6.07) is 17.1. The molecule has 1 amide bonds. The quantitative estimate of drug-likeness (QED) is 0.282. The third-order valence-corrected chi connectivity index (χ3v) is 5.90. The molecule has 35 heavy (non-hydrogen) atoms. The number of aromatic nitrogens is 1. The number of oxazole rings is 1. The Morgan fingerprint density at radius 1 is 1.09 bits per heavy atom. The second-order valence-corrected chi connectivity index (χ2v) is 10.2. The molecule has 3 rings (SSSR count). The second-order valence-electron chi connectivity index (χ2n) is 8.43. The van der Waals surface area contributed by atoms with E-state index in [0.717, 1.165) is 23.8 Å². The van der Waals surface area contributed by atoms with Crippen molar-refractivity contribution in [2.24, 2.45) is 0 Å². The van der Waals surface area contributed by atoms with Crippen LogP contribution in [0.3, 0.4) is 0 Å². The molecule has 1 aromatic heterocycles. The molecule has 0 saturated heterocycles. The monoisotopic (exact) mass is 500 g/mol. The van der Waals surface area contributed by atoms with Gasteiger partial charge in [-0.2, -0.15) is 4.98 Å². The predicted molar refractivity (Wildman–Crippen MR) is 134 cm³/mol. The molecule has 1 heterocycles. The fourth-order valence-corrected chi connectivity index (χ4v) is 4.04. The maximum atomic E-state index is 12.7. The van der Waals surface area contributed by atoms with Crippen LogP contribution in [-0.4, -0.2) is 49.4 Å². The van der Waals surface area contributed by atoms with Gasteiger partial charge in [-0.1, -0.05) is 61.5 Å². The lowest BCUT2D eigenvalue weighted by Gasteiger charge is -2.25. The number of nitrogens with one attached hydrogen (secondary N) is 3. The molecule has 0 bridgehead atoms. The molecule has 3 aromatic rings. The van der Waals surface area contributed by atoms with E-state index in [1.807, 2.05) is 42.5 Å². The number of sulfonamides is 1. The van der Waals surface area contributed by atoms with Crippen LogP contribution >= 0.6 is 0 Å². The average molecular weight is 501 g/mol. The zero-order valence-corrected chi connectivity index (χ0v) is 20.7. The summed E-state index contributed by atoms with van der Waals surface area (Å²) in [5, 5.41) is 17.1.